The van der Waals surface area contributed by atoms with Crippen LogP contribution in [-0.4, -0.2) is 6.04 Å². The van der Waals surface area contributed by atoms with Gasteiger partial charge in [-0.2, -0.15) is 0 Å². The van der Waals surface area contributed by atoms with Gasteiger partial charge in [-0.25, -0.2) is 0 Å². The molecule has 1 aliphatic rings. The molecule has 0 saturated carbocycles. The zero-order valence-electron chi connectivity index (χ0n) is 10.1. The number of para-hydroxylation sites is 1. The largest absolute Gasteiger partial charge is 0.456 e. The quantitative estimate of drug-likeness (QED) is 0.823. The topological polar surface area (TPSA) is 39.2 Å². The Morgan fingerprint density at radius 1 is 1.28 bits per heavy atom. The first-order chi connectivity index (χ1) is 8.66. The molecule has 0 saturated heterocycles. The van der Waals surface area contributed by atoms with Crippen molar-refractivity contribution in [3.8, 4) is 0 Å². The van der Waals surface area contributed by atoms with Crippen LogP contribution in [0.15, 0.2) is 40.8 Å². The Balaban J connectivity index is 2.25. The van der Waals surface area contributed by atoms with Crippen LogP contribution in [0.4, 0.5) is 0 Å². The second-order valence-electron chi connectivity index (χ2n) is 4.60. The first kappa shape index (κ1) is 11.1. The molecule has 2 aromatic rings. The molecule has 2 heteroatoms. The van der Waals surface area contributed by atoms with E-state index in [9.17, 15) is 0 Å². The standard InChI is InChI=1S/C16H15NO/c1-10-11(2)18-16-14(10)4-3-5-15(16)12-6-8-13(17)9-7-12/h3-8,13H,1-2,9,17H2. The van der Waals surface area contributed by atoms with Crippen molar-refractivity contribution in [3.05, 3.63) is 52.6 Å². The van der Waals surface area contributed by atoms with E-state index in [1.807, 2.05) is 18.2 Å². The number of hydrogen-bond acceptors (Lipinski definition) is 2. The minimum Gasteiger partial charge on any atom is -0.456 e. The average molecular weight is 237 g/mol. The maximum absolute atomic E-state index is 5.84. The third-order valence-corrected chi connectivity index (χ3v) is 3.35. The molecule has 0 spiro atoms. The lowest BCUT2D eigenvalue weighted by Crippen LogP contribution is -2.17. The predicted octanol–water partition coefficient (Wildman–Crippen LogP) is 1.92. The lowest BCUT2D eigenvalue weighted by atomic mass is 9.96. The van der Waals surface area contributed by atoms with Gasteiger partial charge in [0.05, 0.1) is 0 Å². The minimum atomic E-state index is 0.122. The Hall–Kier alpha value is -2.06. The smallest absolute Gasteiger partial charge is 0.143 e. The Morgan fingerprint density at radius 3 is 2.83 bits per heavy atom. The second-order valence-corrected chi connectivity index (χ2v) is 4.60. The first-order valence-corrected chi connectivity index (χ1v) is 6.00. The molecule has 1 aromatic carbocycles. The highest BCUT2D eigenvalue weighted by Gasteiger charge is 2.11. The number of allylic oxidation sites excluding steroid dienone is 2. The van der Waals surface area contributed by atoms with E-state index in [-0.39, 0.29) is 6.04 Å². The van der Waals surface area contributed by atoms with Crippen molar-refractivity contribution in [2.24, 2.45) is 5.73 Å². The molecule has 1 atom stereocenters. The monoisotopic (exact) mass is 237 g/mol. The highest BCUT2D eigenvalue weighted by molar-refractivity contribution is 5.93. The van der Waals surface area contributed by atoms with Gasteiger partial charge in [0, 0.05) is 22.2 Å². The number of benzene rings is 1. The molecule has 18 heavy (non-hydrogen) atoms. The van der Waals surface area contributed by atoms with Gasteiger partial charge in [-0.3, -0.25) is 0 Å². The van der Waals surface area contributed by atoms with Crippen LogP contribution in [0, 0.1) is 0 Å². The molecule has 2 nitrogen and oxygen atoms in total. The first-order valence-electron chi connectivity index (χ1n) is 6.00. The molecule has 1 aliphatic carbocycles. The second kappa shape index (κ2) is 4.00. The van der Waals surface area contributed by atoms with Crippen LogP contribution in [-0.2, 0) is 0 Å². The van der Waals surface area contributed by atoms with Crippen LogP contribution in [0.1, 0.15) is 12.0 Å². The molecular weight excluding hydrogens is 222 g/mol. The maximum atomic E-state index is 5.84. The molecule has 0 radical (unpaired) electrons. The van der Waals surface area contributed by atoms with Gasteiger partial charge < -0.3 is 10.2 Å². The van der Waals surface area contributed by atoms with Crippen molar-refractivity contribution in [2.75, 3.05) is 0 Å². The van der Waals surface area contributed by atoms with Crippen LogP contribution in [0.2, 0.25) is 0 Å². The fraction of sp³-hybridized carbons (Fsp3) is 0.125. The number of nitrogens with two attached hydrogens (primary N) is 1. The summed E-state index contributed by atoms with van der Waals surface area (Å²) in [7, 11) is 0. The van der Waals surface area contributed by atoms with E-state index < -0.39 is 0 Å². The van der Waals surface area contributed by atoms with Crippen LogP contribution in [0.5, 0.6) is 0 Å². The van der Waals surface area contributed by atoms with Gasteiger partial charge in [0.2, 0.25) is 0 Å². The van der Waals surface area contributed by atoms with Crippen LogP contribution < -0.4 is 16.4 Å². The minimum absolute atomic E-state index is 0.122. The fourth-order valence-electron chi connectivity index (χ4n) is 2.28. The normalized spacial score (nSPS) is 19.2. The highest BCUT2D eigenvalue weighted by atomic mass is 16.3. The molecule has 1 aromatic heterocycles. The number of furan rings is 1. The van der Waals surface area contributed by atoms with Crippen molar-refractivity contribution >= 4 is 29.7 Å². The number of rotatable bonds is 1. The predicted molar refractivity (Wildman–Crippen MR) is 76.2 cm³/mol. The summed E-state index contributed by atoms with van der Waals surface area (Å²) in [6.45, 7) is 7.86. The molecule has 0 amide bonds. The number of fused-ring (bicyclic) bond motifs is 1. The summed E-state index contributed by atoms with van der Waals surface area (Å²) in [5.41, 5.74) is 9.56. The SMILES string of the molecule is C=c1oc2c(C3=CCC(N)C=C3)cccc2c1=C. The molecule has 90 valence electrons. The number of hydrogen-bond donors (Lipinski definition) is 1. The lowest BCUT2D eigenvalue weighted by molar-refractivity contribution is 0.576. The third kappa shape index (κ3) is 1.62. The molecule has 1 heterocycles. The summed E-state index contributed by atoms with van der Waals surface area (Å²) >= 11 is 0. The lowest BCUT2D eigenvalue weighted by Gasteiger charge is -2.12. The summed E-state index contributed by atoms with van der Waals surface area (Å²) < 4.78 is 5.73. The summed E-state index contributed by atoms with van der Waals surface area (Å²) in [5, 5.41) is 1.89. The third-order valence-electron chi connectivity index (χ3n) is 3.35. The van der Waals surface area contributed by atoms with Crippen LogP contribution >= 0.6 is 0 Å². The highest BCUT2D eigenvalue weighted by Crippen LogP contribution is 2.26. The zero-order valence-corrected chi connectivity index (χ0v) is 10.1. The Labute approximate surface area is 105 Å². The Morgan fingerprint density at radius 2 is 2.11 bits per heavy atom. The Kier molecular flexibility index (Phi) is 2.46. The maximum Gasteiger partial charge on any atom is 0.143 e. The summed E-state index contributed by atoms with van der Waals surface area (Å²) in [6.07, 6.45) is 7.08. The molecule has 1 unspecified atom stereocenters. The van der Waals surface area contributed by atoms with Gasteiger partial charge in [-0.15, -0.1) is 0 Å². The summed E-state index contributed by atoms with van der Waals surface area (Å²) in [6, 6.07) is 6.21. The van der Waals surface area contributed by atoms with Crippen molar-refractivity contribution in [1.82, 2.24) is 0 Å². The molecular formula is C16H15NO. The zero-order chi connectivity index (χ0) is 12.7. The Bertz CT molecular complexity index is 764. The van der Waals surface area contributed by atoms with E-state index in [4.69, 9.17) is 10.2 Å². The average Bonchev–Trinajstić information content (AvgIpc) is 2.67. The van der Waals surface area contributed by atoms with E-state index in [2.05, 4.69) is 31.4 Å². The fourth-order valence-corrected chi connectivity index (χ4v) is 2.28. The summed E-state index contributed by atoms with van der Waals surface area (Å²) in [4.78, 5) is 0. The van der Waals surface area contributed by atoms with Gasteiger partial charge in [-0.1, -0.05) is 49.6 Å². The van der Waals surface area contributed by atoms with E-state index in [0.29, 0.717) is 5.42 Å². The van der Waals surface area contributed by atoms with Crippen molar-refractivity contribution < 1.29 is 4.42 Å². The molecule has 2 N–H and O–H groups in total. The van der Waals surface area contributed by atoms with Gasteiger partial charge in [0.15, 0.2) is 0 Å². The van der Waals surface area contributed by atoms with Crippen molar-refractivity contribution in [1.29, 1.82) is 0 Å². The van der Waals surface area contributed by atoms with E-state index in [1.165, 1.54) is 0 Å². The van der Waals surface area contributed by atoms with Crippen molar-refractivity contribution in [3.63, 3.8) is 0 Å². The van der Waals surface area contributed by atoms with Crippen LogP contribution in [0.3, 0.4) is 0 Å². The molecule has 0 aliphatic heterocycles. The van der Waals surface area contributed by atoms with E-state index >= 15 is 0 Å². The molecule has 3 rings (SSSR count). The summed E-state index contributed by atoms with van der Waals surface area (Å²) in [5.74, 6) is 0. The van der Waals surface area contributed by atoms with Gasteiger partial charge in [0.1, 0.15) is 11.0 Å². The molecule has 0 bridgehead atoms. The van der Waals surface area contributed by atoms with Gasteiger partial charge in [0.25, 0.3) is 0 Å². The van der Waals surface area contributed by atoms with Gasteiger partial charge in [-0.05, 0) is 12.0 Å². The van der Waals surface area contributed by atoms with Crippen molar-refractivity contribution in [2.45, 2.75) is 12.5 Å². The van der Waals surface area contributed by atoms with Crippen LogP contribution in [0.25, 0.3) is 29.7 Å². The van der Waals surface area contributed by atoms with E-state index in [0.717, 1.165) is 33.7 Å². The van der Waals surface area contributed by atoms with E-state index in [1.54, 1.807) is 0 Å². The van der Waals surface area contributed by atoms with Gasteiger partial charge >= 0.3 is 0 Å². The molecule has 0 fully saturated rings.